The average Bonchev–Trinajstić information content (AvgIpc) is 2.12. The zero-order chi connectivity index (χ0) is 12.7. The minimum atomic E-state index is -0.967. The van der Waals surface area contributed by atoms with E-state index in [4.69, 9.17) is 9.47 Å². The molecule has 0 aliphatic carbocycles. The van der Waals surface area contributed by atoms with E-state index in [2.05, 4.69) is 0 Å². The van der Waals surface area contributed by atoms with E-state index in [0.717, 1.165) is 0 Å². The van der Waals surface area contributed by atoms with Crippen LogP contribution in [-0.4, -0.2) is 30.4 Å². The molecule has 0 heterocycles. The maximum atomic E-state index is 11.3. The number of Topliss-reactive ketones (excluding diaryl/α,β-unsaturated/α-hetero) is 1. The second-order valence-corrected chi connectivity index (χ2v) is 4.03. The molecule has 0 N–H and O–H groups in total. The molecule has 5 heteroatoms. The van der Waals surface area contributed by atoms with E-state index in [1.54, 1.807) is 0 Å². The summed E-state index contributed by atoms with van der Waals surface area (Å²) in [6, 6.07) is 0. The minimum absolute atomic E-state index is 0.226. The molecule has 0 aromatic carbocycles. The molecule has 0 spiro atoms. The summed E-state index contributed by atoms with van der Waals surface area (Å²) in [4.78, 5) is 32.9. The predicted octanol–water partition coefficient (Wildman–Crippen LogP) is 1.10. The molecule has 0 radical (unpaired) electrons. The van der Waals surface area contributed by atoms with Gasteiger partial charge in [0.1, 0.15) is 12.2 Å². The first-order valence-electron chi connectivity index (χ1n) is 5.18. The molecule has 92 valence electrons. The molecule has 0 fully saturated rings. The van der Waals surface area contributed by atoms with Crippen molar-refractivity contribution in [2.24, 2.45) is 5.92 Å². The fraction of sp³-hybridized carbons (Fsp3) is 0.727. The predicted molar refractivity (Wildman–Crippen MR) is 56.6 cm³/mol. The van der Waals surface area contributed by atoms with E-state index in [-0.39, 0.29) is 24.7 Å². The number of carbonyl (C=O) groups excluding carboxylic acids is 3. The van der Waals surface area contributed by atoms with Crippen LogP contribution in [0.15, 0.2) is 0 Å². The van der Waals surface area contributed by atoms with E-state index in [9.17, 15) is 14.4 Å². The van der Waals surface area contributed by atoms with Crippen molar-refractivity contribution in [3.8, 4) is 0 Å². The average molecular weight is 230 g/mol. The van der Waals surface area contributed by atoms with E-state index in [0.29, 0.717) is 0 Å². The summed E-state index contributed by atoms with van der Waals surface area (Å²) in [6.07, 6.45) is -1.28. The zero-order valence-corrected chi connectivity index (χ0v) is 10.1. The quantitative estimate of drug-likeness (QED) is 0.504. The Hall–Kier alpha value is -1.39. The van der Waals surface area contributed by atoms with Crippen molar-refractivity contribution in [2.75, 3.05) is 6.61 Å². The second-order valence-electron chi connectivity index (χ2n) is 4.03. The highest BCUT2D eigenvalue weighted by atomic mass is 16.6. The van der Waals surface area contributed by atoms with Crippen LogP contribution in [0.5, 0.6) is 0 Å². The molecule has 0 aromatic heterocycles. The van der Waals surface area contributed by atoms with Gasteiger partial charge < -0.3 is 9.47 Å². The molecule has 0 saturated heterocycles. The number of esters is 2. The van der Waals surface area contributed by atoms with Crippen molar-refractivity contribution in [3.63, 3.8) is 0 Å². The van der Waals surface area contributed by atoms with Crippen LogP contribution < -0.4 is 0 Å². The van der Waals surface area contributed by atoms with Crippen LogP contribution in [0.4, 0.5) is 0 Å². The standard InChI is InChI=1S/C11H18O5/c1-7(2)6-15-11(14)9(4)16-10(13)5-8(3)12/h7,9H,5-6H2,1-4H3/t9-/m1/s1. The molecular weight excluding hydrogens is 212 g/mol. The highest BCUT2D eigenvalue weighted by Crippen LogP contribution is 2.01. The monoisotopic (exact) mass is 230 g/mol. The summed E-state index contributed by atoms with van der Waals surface area (Å²) < 4.78 is 9.59. The largest absolute Gasteiger partial charge is 0.463 e. The number of ether oxygens (including phenoxy) is 2. The first kappa shape index (κ1) is 14.6. The van der Waals surface area contributed by atoms with Gasteiger partial charge in [-0.15, -0.1) is 0 Å². The molecule has 16 heavy (non-hydrogen) atoms. The van der Waals surface area contributed by atoms with Crippen molar-refractivity contribution in [3.05, 3.63) is 0 Å². The summed E-state index contributed by atoms with van der Waals surface area (Å²) in [5.41, 5.74) is 0. The first-order valence-corrected chi connectivity index (χ1v) is 5.18. The van der Waals surface area contributed by atoms with Crippen LogP contribution in [0.2, 0.25) is 0 Å². The van der Waals surface area contributed by atoms with E-state index in [1.807, 2.05) is 13.8 Å². The normalized spacial score (nSPS) is 12.1. The van der Waals surface area contributed by atoms with Crippen LogP contribution in [0.25, 0.3) is 0 Å². The lowest BCUT2D eigenvalue weighted by Gasteiger charge is -2.13. The van der Waals surface area contributed by atoms with Crippen molar-refractivity contribution in [1.29, 1.82) is 0 Å². The molecule has 5 nitrogen and oxygen atoms in total. The Kier molecular flexibility index (Phi) is 6.37. The summed E-state index contributed by atoms with van der Waals surface area (Å²) in [6.45, 7) is 6.79. The van der Waals surface area contributed by atoms with Gasteiger partial charge in [-0.2, -0.15) is 0 Å². The van der Waals surface area contributed by atoms with Crippen molar-refractivity contribution in [1.82, 2.24) is 0 Å². The van der Waals surface area contributed by atoms with E-state index >= 15 is 0 Å². The van der Waals surface area contributed by atoms with E-state index in [1.165, 1.54) is 13.8 Å². The van der Waals surface area contributed by atoms with Gasteiger partial charge in [0.15, 0.2) is 6.10 Å². The highest BCUT2D eigenvalue weighted by molar-refractivity contribution is 5.94. The van der Waals surface area contributed by atoms with E-state index < -0.39 is 18.0 Å². The molecule has 0 bridgehead atoms. The van der Waals surface area contributed by atoms with Gasteiger partial charge >= 0.3 is 11.9 Å². The number of hydrogen-bond acceptors (Lipinski definition) is 5. The molecule has 0 amide bonds. The molecule has 0 aliphatic heterocycles. The van der Waals surface area contributed by atoms with Gasteiger partial charge in [0.05, 0.1) is 6.61 Å². The molecule has 0 aliphatic rings. The molecule has 1 atom stereocenters. The van der Waals surface area contributed by atoms with Gasteiger partial charge in [-0.1, -0.05) is 13.8 Å². The van der Waals surface area contributed by atoms with Gasteiger partial charge in [0, 0.05) is 0 Å². The highest BCUT2D eigenvalue weighted by Gasteiger charge is 2.20. The van der Waals surface area contributed by atoms with Crippen molar-refractivity contribution >= 4 is 17.7 Å². The van der Waals surface area contributed by atoms with Crippen molar-refractivity contribution in [2.45, 2.75) is 40.2 Å². The van der Waals surface area contributed by atoms with Crippen molar-refractivity contribution < 1.29 is 23.9 Å². The lowest BCUT2D eigenvalue weighted by molar-refractivity contribution is -0.167. The Labute approximate surface area is 95.1 Å². The Bertz CT molecular complexity index is 270. The molecule has 0 unspecified atom stereocenters. The lowest BCUT2D eigenvalue weighted by atomic mass is 10.2. The molecule has 0 aromatic rings. The van der Waals surface area contributed by atoms with Gasteiger partial charge in [-0.05, 0) is 19.8 Å². The minimum Gasteiger partial charge on any atom is -0.463 e. The van der Waals surface area contributed by atoms with Gasteiger partial charge in [0.25, 0.3) is 0 Å². The first-order chi connectivity index (χ1) is 7.32. The van der Waals surface area contributed by atoms with Gasteiger partial charge in [-0.3, -0.25) is 9.59 Å². The summed E-state index contributed by atoms with van der Waals surface area (Å²) in [7, 11) is 0. The van der Waals surface area contributed by atoms with Crippen LogP contribution in [0, 0.1) is 5.92 Å². The maximum Gasteiger partial charge on any atom is 0.347 e. The Morgan fingerprint density at radius 2 is 1.69 bits per heavy atom. The SMILES string of the molecule is CC(=O)CC(=O)O[C@H](C)C(=O)OCC(C)C. The fourth-order valence-corrected chi connectivity index (χ4v) is 0.856. The van der Waals surface area contributed by atoms with Gasteiger partial charge in [-0.25, -0.2) is 4.79 Å². The zero-order valence-electron chi connectivity index (χ0n) is 10.1. The third-order valence-corrected chi connectivity index (χ3v) is 1.59. The topological polar surface area (TPSA) is 69.7 Å². The van der Waals surface area contributed by atoms with Crippen LogP contribution >= 0.6 is 0 Å². The number of rotatable bonds is 6. The van der Waals surface area contributed by atoms with Gasteiger partial charge in [0.2, 0.25) is 0 Å². The molecular formula is C11H18O5. The number of carbonyl (C=O) groups is 3. The number of hydrogen-bond donors (Lipinski definition) is 0. The Morgan fingerprint density at radius 3 is 2.12 bits per heavy atom. The molecule has 0 saturated carbocycles. The third-order valence-electron chi connectivity index (χ3n) is 1.59. The number of ketones is 1. The summed E-state index contributed by atoms with van der Waals surface area (Å²) >= 11 is 0. The van der Waals surface area contributed by atoms with Crippen LogP contribution in [0.1, 0.15) is 34.1 Å². The smallest absolute Gasteiger partial charge is 0.347 e. The Morgan fingerprint density at radius 1 is 1.12 bits per heavy atom. The molecule has 0 rings (SSSR count). The fourth-order valence-electron chi connectivity index (χ4n) is 0.856. The third kappa shape index (κ3) is 6.98. The summed E-state index contributed by atoms with van der Waals surface area (Å²) in [5.74, 6) is -1.37. The lowest BCUT2D eigenvalue weighted by Crippen LogP contribution is -2.28. The second kappa shape index (κ2) is 6.98. The maximum absolute atomic E-state index is 11.3. The Balaban J connectivity index is 3.95. The van der Waals surface area contributed by atoms with Crippen LogP contribution in [0.3, 0.4) is 0 Å². The van der Waals surface area contributed by atoms with Crippen LogP contribution in [-0.2, 0) is 23.9 Å². The summed E-state index contributed by atoms with van der Waals surface area (Å²) in [5, 5.41) is 0.